The largest absolute Gasteiger partial charge is 0.495 e. The van der Waals surface area contributed by atoms with Crippen LogP contribution in [0.1, 0.15) is 23.9 Å². The molecule has 0 saturated carbocycles. The zero-order valence-corrected chi connectivity index (χ0v) is 18.4. The third kappa shape index (κ3) is 4.83. The smallest absolute Gasteiger partial charge is 0.194 e. The van der Waals surface area contributed by atoms with Gasteiger partial charge in [-0.3, -0.25) is 9.67 Å². The quantitative estimate of drug-likeness (QED) is 0.598. The van der Waals surface area contributed by atoms with Crippen molar-refractivity contribution in [1.29, 1.82) is 0 Å². The van der Waals surface area contributed by atoms with Gasteiger partial charge in [0, 0.05) is 52.0 Å². The molecule has 1 aliphatic rings. The second-order valence-electron chi connectivity index (χ2n) is 7.40. The molecule has 3 rings (SSSR count). The molecular weight excluding hydrogens is 364 g/mol. The summed E-state index contributed by atoms with van der Waals surface area (Å²) in [6.45, 7) is 11.7. The van der Waals surface area contributed by atoms with Crippen molar-refractivity contribution in [2.45, 2.75) is 27.2 Å². The summed E-state index contributed by atoms with van der Waals surface area (Å²) in [5.74, 6) is 1.94. The number of para-hydroxylation sites is 2. The van der Waals surface area contributed by atoms with E-state index in [9.17, 15) is 0 Å². The van der Waals surface area contributed by atoms with Crippen LogP contribution in [0.25, 0.3) is 0 Å². The molecule has 1 aliphatic heterocycles. The van der Waals surface area contributed by atoms with E-state index < -0.39 is 0 Å². The van der Waals surface area contributed by atoms with Gasteiger partial charge in [-0.1, -0.05) is 12.1 Å². The molecule has 158 valence electrons. The normalized spacial score (nSPS) is 15.0. The Kier molecular flexibility index (Phi) is 7.01. The van der Waals surface area contributed by atoms with Crippen LogP contribution in [0.2, 0.25) is 0 Å². The summed E-state index contributed by atoms with van der Waals surface area (Å²) in [7, 11) is 3.73. The van der Waals surface area contributed by atoms with E-state index >= 15 is 0 Å². The minimum Gasteiger partial charge on any atom is -0.495 e. The minimum absolute atomic E-state index is 0.766. The first-order valence-corrected chi connectivity index (χ1v) is 10.5. The third-order valence-corrected chi connectivity index (χ3v) is 5.62. The molecule has 0 amide bonds. The molecule has 1 aromatic heterocycles. The van der Waals surface area contributed by atoms with Crippen LogP contribution >= 0.6 is 0 Å². The molecule has 1 aromatic carbocycles. The molecule has 2 heterocycles. The first-order valence-electron chi connectivity index (χ1n) is 10.5. The van der Waals surface area contributed by atoms with Gasteiger partial charge in [0.25, 0.3) is 0 Å². The maximum Gasteiger partial charge on any atom is 0.194 e. The fourth-order valence-electron chi connectivity index (χ4n) is 3.93. The van der Waals surface area contributed by atoms with Gasteiger partial charge in [-0.05, 0) is 44.9 Å². The standard InChI is InChI=1S/C22H34N6O/c1-6-23-22(24-12-11-19-17(2)25-26(4)18(19)3)28-15-13-27(14-16-28)20-9-7-8-10-21(20)29-5/h7-10H,6,11-16H2,1-5H3,(H,23,24). The number of piperazine rings is 1. The summed E-state index contributed by atoms with van der Waals surface area (Å²) in [6.07, 6.45) is 0.918. The average Bonchev–Trinajstić information content (AvgIpc) is 2.99. The van der Waals surface area contributed by atoms with Crippen molar-refractivity contribution >= 4 is 11.6 Å². The Morgan fingerprint density at radius 3 is 2.52 bits per heavy atom. The van der Waals surface area contributed by atoms with Crippen molar-refractivity contribution in [3.63, 3.8) is 0 Å². The lowest BCUT2D eigenvalue weighted by Crippen LogP contribution is -2.52. The maximum atomic E-state index is 5.53. The summed E-state index contributed by atoms with van der Waals surface area (Å²) in [5, 5.41) is 7.97. The number of hydrogen-bond donors (Lipinski definition) is 1. The van der Waals surface area contributed by atoms with Crippen molar-refractivity contribution in [3.05, 3.63) is 41.2 Å². The molecule has 0 radical (unpaired) electrons. The Hall–Kier alpha value is -2.70. The van der Waals surface area contributed by atoms with Crippen molar-refractivity contribution in [2.75, 3.05) is 51.3 Å². The lowest BCUT2D eigenvalue weighted by Gasteiger charge is -2.38. The van der Waals surface area contributed by atoms with Gasteiger partial charge in [-0.25, -0.2) is 0 Å². The van der Waals surface area contributed by atoms with Gasteiger partial charge in [0.1, 0.15) is 5.75 Å². The Bertz CT molecular complexity index is 836. The van der Waals surface area contributed by atoms with Crippen LogP contribution < -0.4 is 15.0 Å². The highest BCUT2D eigenvalue weighted by Crippen LogP contribution is 2.28. The number of ether oxygens (including phenoxy) is 1. The lowest BCUT2D eigenvalue weighted by atomic mass is 10.1. The zero-order chi connectivity index (χ0) is 20.8. The van der Waals surface area contributed by atoms with Crippen molar-refractivity contribution in [3.8, 4) is 5.75 Å². The fraction of sp³-hybridized carbons (Fsp3) is 0.545. The van der Waals surface area contributed by atoms with Gasteiger partial charge in [-0.15, -0.1) is 0 Å². The van der Waals surface area contributed by atoms with Crippen LogP contribution in [0.15, 0.2) is 29.3 Å². The first-order chi connectivity index (χ1) is 14.0. The molecule has 0 aliphatic carbocycles. The number of anilines is 1. The first kappa shape index (κ1) is 21.0. The minimum atomic E-state index is 0.766. The van der Waals surface area contributed by atoms with E-state index in [1.165, 1.54) is 16.9 Å². The molecule has 1 N–H and O–H groups in total. The lowest BCUT2D eigenvalue weighted by molar-refractivity contribution is 0.367. The number of nitrogens with zero attached hydrogens (tertiary/aromatic N) is 5. The molecule has 7 nitrogen and oxygen atoms in total. The van der Waals surface area contributed by atoms with Gasteiger partial charge in [0.15, 0.2) is 5.96 Å². The van der Waals surface area contributed by atoms with Gasteiger partial charge in [0.2, 0.25) is 0 Å². The van der Waals surface area contributed by atoms with Crippen LogP contribution in [-0.2, 0) is 13.5 Å². The third-order valence-electron chi connectivity index (χ3n) is 5.62. The van der Waals surface area contributed by atoms with Gasteiger partial charge in [0.05, 0.1) is 18.5 Å². The van der Waals surface area contributed by atoms with Crippen LogP contribution in [0.5, 0.6) is 5.75 Å². The van der Waals surface area contributed by atoms with Gasteiger partial charge in [-0.2, -0.15) is 5.10 Å². The Labute approximate surface area is 174 Å². The monoisotopic (exact) mass is 398 g/mol. The highest BCUT2D eigenvalue weighted by Gasteiger charge is 2.21. The molecule has 1 fully saturated rings. The van der Waals surface area contributed by atoms with Crippen LogP contribution in [-0.4, -0.2) is 67.0 Å². The highest BCUT2D eigenvalue weighted by atomic mass is 16.5. The van der Waals surface area contributed by atoms with Crippen LogP contribution in [0.4, 0.5) is 5.69 Å². The van der Waals surface area contributed by atoms with E-state index in [0.717, 1.165) is 63.1 Å². The molecule has 7 heteroatoms. The average molecular weight is 399 g/mol. The van der Waals surface area contributed by atoms with E-state index in [1.54, 1.807) is 7.11 Å². The summed E-state index contributed by atoms with van der Waals surface area (Å²) in [4.78, 5) is 9.66. The SMILES string of the molecule is CCNC(=NCCc1c(C)nn(C)c1C)N1CCN(c2ccccc2OC)CC1. The van der Waals surface area contributed by atoms with Crippen molar-refractivity contribution < 1.29 is 4.74 Å². The predicted molar refractivity (Wildman–Crippen MR) is 119 cm³/mol. The summed E-state index contributed by atoms with van der Waals surface area (Å²) >= 11 is 0. The number of hydrogen-bond acceptors (Lipinski definition) is 4. The van der Waals surface area contributed by atoms with Crippen molar-refractivity contribution in [2.24, 2.45) is 12.0 Å². The number of methoxy groups -OCH3 is 1. The number of aryl methyl sites for hydroxylation is 2. The van der Waals surface area contributed by atoms with E-state index in [4.69, 9.17) is 9.73 Å². The Morgan fingerprint density at radius 2 is 1.90 bits per heavy atom. The van der Waals surface area contributed by atoms with E-state index in [-0.39, 0.29) is 0 Å². The van der Waals surface area contributed by atoms with Gasteiger partial charge < -0.3 is 19.9 Å². The molecule has 1 saturated heterocycles. The molecule has 2 aromatic rings. The second-order valence-corrected chi connectivity index (χ2v) is 7.40. The molecule has 0 spiro atoms. The number of rotatable bonds is 6. The Morgan fingerprint density at radius 1 is 1.17 bits per heavy atom. The molecular formula is C22H34N6O. The van der Waals surface area contributed by atoms with E-state index in [0.29, 0.717) is 0 Å². The summed E-state index contributed by atoms with van der Waals surface area (Å²) in [5.41, 5.74) is 4.82. The van der Waals surface area contributed by atoms with Crippen LogP contribution in [0.3, 0.4) is 0 Å². The van der Waals surface area contributed by atoms with Crippen molar-refractivity contribution in [1.82, 2.24) is 20.0 Å². The van der Waals surface area contributed by atoms with Gasteiger partial charge >= 0.3 is 0 Å². The summed E-state index contributed by atoms with van der Waals surface area (Å²) in [6, 6.07) is 8.24. The Balaban J connectivity index is 1.62. The maximum absolute atomic E-state index is 5.53. The molecule has 29 heavy (non-hydrogen) atoms. The number of aliphatic imine (C=N–C) groups is 1. The predicted octanol–water partition coefficient (Wildman–Crippen LogP) is 2.38. The number of aromatic nitrogens is 2. The topological polar surface area (TPSA) is 57.9 Å². The number of benzene rings is 1. The highest BCUT2D eigenvalue weighted by molar-refractivity contribution is 5.80. The zero-order valence-electron chi connectivity index (χ0n) is 18.4. The number of guanidine groups is 1. The number of nitrogens with one attached hydrogen (secondary N) is 1. The molecule has 0 unspecified atom stereocenters. The second kappa shape index (κ2) is 9.67. The fourth-order valence-corrected chi connectivity index (χ4v) is 3.93. The molecule has 0 bridgehead atoms. The summed E-state index contributed by atoms with van der Waals surface area (Å²) < 4.78 is 7.48. The van der Waals surface area contributed by atoms with E-state index in [1.807, 2.05) is 23.9 Å². The van der Waals surface area contributed by atoms with Crippen LogP contribution in [0, 0.1) is 13.8 Å². The molecule has 0 atom stereocenters. The van der Waals surface area contributed by atoms with E-state index in [2.05, 4.69) is 53.1 Å².